The van der Waals surface area contributed by atoms with E-state index in [1.807, 2.05) is 13.8 Å². The van der Waals surface area contributed by atoms with Crippen molar-refractivity contribution in [3.63, 3.8) is 0 Å². The van der Waals surface area contributed by atoms with Crippen molar-refractivity contribution in [1.82, 2.24) is 9.80 Å². The molecule has 2 aliphatic rings. The Morgan fingerprint density at radius 1 is 1.25 bits per heavy atom. The topological polar surface area (TPSA) is 6.48 Å². The van der Waals surface area contributed by atoms with Crippen LogP contribution in [0.2, 0.25) is 0 Å². The van der Waals surface area contributed by atoms with Crippen LogP contribution in [0.25, 0.3) is 0 Å². The van der Waals surface area contributed by atoms with Crippen molar-refractivity contribution in [3.8, 4) is 0 Å². The minimum atomic E-state index is 0.639. The maximum atomic E-state index is 2.49. The van der Waals surface area contributed by atoms with Gasteiger partial charge in [0, 0.05) is 24.2 Å². The van der Waals surface area contributed by atoms with E-state index < -0.39 is 0 Å². The van der Waals surface area contributed by atoms with Gasteiger partial charge in [0.2, 0.25) is 0 Å². The molecule has 0 amide bonds. The van der Waals surface area contributed by atoms with Crippen LogP contribution in [0, 0.1) is 11.8 Å². The fourth-order valence-electron chi connectivity index (χ4n) is 3.27. The Labute approximate surface area is 130 Å². The van der Waals surface area contributed by atoms with Crippen LogP contribution in [-0.4, -0.2) is 42.4 Å². The quantitative estimate of drug-likeness (QED) is 0.745. The van der Waals surface area contributed by atoms with Gasteiger partial charge in [-0.2, -0.15) is 0 Å². The number of likely N-dealkylation sites (tertiary alicyclic amines) is 1. The molecule has 0 bridgehead atoms. The van der Waals surface area contributed by atoms with E-state index in [2.05, 4.69) is 68.6 Å². The SMILES string of the molecule is C/C=C\C1=C(C)SC(C2CCN(C)CC2C)N1C.CC. The lowest BCUT2D eigenvalue weighted by atomic mass is 9.86. The Kier molecular flexibility index (Phi) is 7.18. The molecule has 0 saturated carbocycles. The Morgan fingerprint density at radius 2 is 1.90 bits per heavy atom. The average molecular weight is 297 g/mol. The van der Waals surface area contributed by atoms with Crippen molar-refractivity contribution in [1.29, 1.82) is 0 Å². The molecule has 1 saturated heterocycles. The van der Waals surface area contributed by atoms with Gasteiger partial charge >= 0.3 is 0 Å². The second-order valence-corrected chi connectivity index (χ2v) is 7.08. The van der Waals surface area contributed by atoms with Gasteiger partial charge in [-0.25, -0.2) is 0 Å². The van der Waals surface area contributed by atoms with Gasteiger partial charge in [0.25, 0.3) is 0 Å². The average Bonchev–Trinajstić information content (AvgIpc) is 2.70. The highest BCUT2D eigenvalue weighted by atomic mass is 32.2. The van der Waals surface area contributed by atoms with Gasteiger partial charge < -0.3 is 9.80 Å². The molecule has 0 radical (unpaired) electrons. The molecule has 0 spiro atoms. The van der Waals surface area contributed by atoms with Crippen molar-refractivity contribution in [2.75, 3.05) is 27.2 Å². The number of hydrogen-bond acceptors (Lipinski definition) is 3. The van der Waals surface area contributed by atoms with E-state index in [1.54, 1.807) is 0 Å². The van der Waals surface area contributed by atoms with Crippen LogP contribution in [0.1, 0.15) is 41.0 Å². The van der Waals surface area contributed by atoms with Crippen LogP contribution >= 0.6 is 11.8 Å². The summed E-state index contributed by atoms with van der Waals surface area (Å²) in [5.74, 6) is 1.61. The van der Waals surface area contributed by atoms with Gasteiger partial charge in [-0.1, -0.05) is 26.8 Å². The standard InChI is InChI=1S/C15H26N2S.C2H6/c1-6-7-14-12(3)18-15(17(14)5)13-8-9-16(4)10-11(13)2;1-2/h6-7,11,13,15H,8-10H2,1-5H3;1-2H3/b7-6-;. The molecule has 3 heteroatoms. The normalized spacial score (nSPS) is 31.8. The molecular weight excluding hydrogens is 264 g/mol. The third-order valence-electron chi connectivity index (χ3n) is 4.29. The zero-order chi connectivity index (χ0) is 15.3. The zero-order valence-electron chi connectivity index (χ0n) is 14.3. The summed E-state index contributed by atoms with van der Waals surface area (Å²) in [5.41, 5.74) is 1.42. The van der Waals surface area contributed by atoms with E-state index in [1.165, 1.54) is 30.1 Å². The first-order valence-corrected chi connectivity index (χ1v) is 8.84. The number of likely N-dealkylation sites (N-methyl/N-ethyl adjacent to an activating group) is 1. The number of rotatable bonds is 2. The smallest absolute Gasteiger partial charge is 0.0822 e. The Morgan fingerprint density at radius 3 is 2.45 bits per heavy atom. The zero-order valence-corrected chi connectivity index (χ0v) is 15.1. The molecule has 116 valence electrons. The van der Waals surface area contributed by atoms with Gasteiger partial charge in [-0.3, -0.25) is 0 Å². The lowest BCUT2D eigenvalue weighted by Crippen LogP contribution is -2.44. The molecule has 2 heterocycles. The van der Waals surface area contributed by atoms with Crippen LogP contribution < -0.4 is 0 Å². The highest BCUT2D eigenvalue weighted by Gasteiger charge is 2.37. The molecule has 0 aromatic heterocycles. The van der Waals surface area contributed by atoms with Crippen LogP contribution in [-0.2, 0) is 0 Å². The maximum absolute atomic E-state index is 2.49. The summed E-state index contributed by atoms with van der Waals surface area (Å²) in [5, 5.41) is 0.639. The predicted octanol–water partition coefficient (Wildman–Crippen LogP) is 4.41. The van der Waals surface area contributed by atoms with E-state index in [4.69, 9.17) is 0 Å². The van der Waals surface area contributed by atoms with Gasteiger partial charge in [0.1, 0.15) is 0 Å². The third kappa shape index (κ3) is 3.82. The third-order valence-corrected chi connectivity index (χ3v) is 5.76. The summed E-state index contributed by atoms with van der Waals surface area (Å²) >= 11 is 2.07. The molecule has 2 aliphatic heterocycles. The summed E-state index contributed by atoms with van der Waals surface area (Å²) in [7, 11) is 4.50. The fraction of sp³-hybridized carbons (Fsp3) is 0.765. The molecule has 0 N–H and O–H groups in total. The first-order valence-electron chi connectivity index (χ1n) is 7.96. The first kappa shape index (κ1) is 17.6. The Bertz CT molecular complexity index is 362. The number of piperidine rings is 1. The van der Waals surface area contributed by atoms with Crippen molar-refractivity contribution in [2.24, 2.45) is 11.8 Å². The molecule has 3 atom stereocenters. The van der Waals surface area contributed by atoms with Gasteiger partial charge in [0.05, 0.1) is 5.37 Å². The largest absolute Gasteiger partial charge is 0.361 e. The van der Waals surface area contributed by atoms with E-state index >= 15 is 0 Å². The predicted molar refractivity (Wildman–Crippen MR) is 92.8 cm³/mol. The second kappa shape index (κ2) is 8.14. The number of allylic oxidation sites excluding steroid dienone is 3. The minimum absolute atomic E-state index is 0.639. The van der Waals surface area contributed by atoms with Gasteiger partial charge in [-0.05, 0) is 51.8 Å². The molecule has 0 aliphatic carbocycles. The summed E-state index contributed by atoms with van der Waals surface area (Å²) in [6.45, 7) is 13.3. The van der Waals surface area contributed by atoms with Crippen LogP contribution in [0.5, 0.6) is 0 Å². The molecule has 0 aromatic rings. The molecule has 20 heavy (non-hydrogen) atoms. The molecule has 1 fully saturated rings. The monoisotopic (exact) mass is 296 g/mol. The van der Waals surface area contributed by atoms with Crippen molar-refractivity contribution < 1.29 is 0 Å². The van der Waals surface area contributed by atoms with Gasteiger partial charge in [0.15, 0.2) is 0 Å². The summed E-state index contributed by atoms with van der Waals surface area (Å²) < 4.78 is 0. The van der Waals surface area contributed by atoms with E-state index in [9.17, 15) is 0 Å². The summed E-state index contributed by atoms with van der Waals surface area (Å²) in [6.07, 6.45) is 5.73. The number of nitrogens with zero attached hydrogens (tertiary/aromatic N) is 2. The van der Waals surface area contributed by atoms with Crippen LogP contribution in [0.3, 0.4) is 0 Å². The lowest BCUT2D eigenvalue weighted by Gasteiger charge is -2.40. The summed E-state index contributed by atoms with van der Waals surface area (Å²) in [4.78, 5) is 6.44. The highest BCUT2D eigenvalue weighted by Crippen LogP contribution is 2.44. The van der Waals surface area contributed by atoms with E-state index in [0.717, 1.165) is 11.8 Å². The summed E-state index contributed by atoms with van der Waals surface area (Å²) in [6, 6.07) is 0. The molecule has 2 rings (SSSR count). The lowest BCUT2D eigenvalue weighted by molar-refractivity contribution is 0.123. The van der Waals surface area contributed by atoms with E-state index in [-0.39, 0.29) is 0 Å². The maximum Gasteiger partial charge on any atom is 0.0822 e. The second-order valence-electron chi connectivity index (χ2n) is 5.75. The molecule has 2 nitrogen and oxygen atoms in total. The molecule has 0 aromatic carbocycles. The molecular formula is C17H32N2S. The molecule has 3 unspecified atom stereocenters. The number of hydrogen-bond donors (Lipinski definition) is 0. The highest BCUT2D eigenvalue weighted by molar-refractivity contribution is 8.03. The first-order chi connectivity index (χ1) is 9.54. The Balaban J connectivity index is 0.000000956. The van der Waals surface area contributed by atoms with Crippen LogP contribution in [0.4, 0.5) is 0 Å². The fourth-order valence-corrected chi connectivity index (χ4v) is 4.82. The van der Waals surface area contributed by atoms with Crippen molar-refractivity contribution in [3.05, 3.63) is 22.8 Å². The van der Waals surface area contributed by atoms with Gasteiger partial charge in [-0.15, -0.1) is 11.8 Å². The van der Waals surface area contributed by atoms with Crippen LogP contribution in [0.15, 0.2) is 22.8 Å². The Hall–Kier alpha value is -0.410. The van der Waals surface area contributed by atoms with Crippen molar-refractivity contribution >= 4 is 11.8 Å². The number of thioether (sulfide) groups is 1. The van der Waals surface area contributed by atoms with E-state index in [0.29, 0.717) is 5.37 Å². The minimum Gasteiger partial charge on any atom is -0.361 e. The van der Waals surface area contributed by atoms with Crippen molar-refractivity contribution in [2.45, 2.75) is 46.4 Å².